The van der Waals surface area contributed by atoms with E-state index in [9.17, 15) is 0 Å². The Kier molecular flexibility index (Phi) is 4.42. The molecule has 90 valence electrons. The third-order valence-electron chi connectivity index (χ3n) is 3.74. The normalized spacial score (nSPS) is 20.6. The van der Waals surface area contributed by atoms with Gasteiger partial charge in [0.1, 0.15) is 0 Å². The van der Waals surface area contributed by atoms with E-state index < -0.39 is 0 Å². The maximum absolute atomic E-state index is 6.30. The second-order valence-corrected chi connectivity index (χ2v) is 6.31. The molecule has 1 atom stereocenters. The van der Waals surface area contributed by atoms with Crippen molar-refractivity contribution < 1.29 is 0 Å². The second kappa shape index (κ2) is 5.83. The van der Waals surface area contributed by atoms with Gasteiger partial charge in [-0.3, -0.25) is 0 Å². The molecule has 1 aromatic rings. The van der Waals surface area contributed by atoms with Gasteiger partial charge in [0.15, 0.2) is 0 Å². The van der Waals surface area contributed by atoms with Crippen molar-refractivity contribution in [1.82, 2.24) is 0 Å². The van der Waals surface area contributed by atoms with Crippen molar-refractivity contribution in [3.05, 3.63) is 21.9 Å². The summed E-state index contributed by atoms with van der Waals surface area (Å²) >= 11 is 1.82. The van der Waals surface area contributed by atoms with E-state index in [1.807, 2.05) is 11.3 Å². The van der Waals surface area contributed by atoms with Crippen molar-refractivity contribution in [3.8, 4) is 0 Å². The fraction of sp³-hybridized carbons (Fsp3) is 0.714. The highest BCUT2D eigenvalue weighted by Crippen LogP contribution is 2.31. The van der Waals surface area contributed by atoms with Gasteiger partial charge in [-0.05, 0) is 36.3 Å². The van der Waals surface area contributed by atoms with Crippen molar-refractivity contribution in [3.63, 3.8) is 0 Å². The lowest BCUT2D eigenvalue weighted by molar-refractivity contribution is 0.393. The maximum Gasteiger partial charge on any atom is 0.0305 e. The topological polar surface area (TPSA) is 26.0 Å². The molecule has 0 aliphatic heterocycles. The van der Waals surface area contributed by atoms with E-state index in [2.05, 4.69) is 18.4 Å². The highest BCUT2D eigenvalue weighted by atomic mass is 32.1. The van der Waals surface area contributed by atoms with Crippen LogP contribution >= 0.6 is 11.3 Å². The summed E-state index contributed by atoms with van der Waals surface area (Å²) in [7, 11) is 0. The Morgan fingerprint density at radius 2 is 2.00 bits per heavy atom. The maximum atomic E-state index is 6.30. The number of aryl methyl sites for hydroxylation is 1. The van der Waals surface area contributed by atoms with Gasteiger partial charge in [0.25, 0.3) is 0 Å². The number of thiophene rings is 1. The molecular weight excluding hydrogens is 214 g/mol. The Labute approximate surface area is 103 Å². The minimum Gasteiger partial charge on any atom is -0.324 e. The summed E-state index contributed by atoms with van der Waals surface area (Å²) in [5.74, 6) is 0.873. The first kappa shape index (κ1) is 12.1. The molecule has 1 fully saturated rings. The summed E-state index contributed by atoms with van der Waals surface area (Å²) in [5, 5.41) is 2.23. The Morgan fingerprint density at radius 1 is 1.31 bits per heavy atom. The third kappa shape index (κ3) is 3.33. The SMILES string of the molecule is Cc1cc(C(N)CC2CCCCCC2)cs1. The van der Waals surface area contributed by atoms with Crippen LogP contribution in [0.5, 0.6) is 0 Å². The van der Waals surface area contributed by atoms with Crippen molar-refractivity contribution in [2.24, 2.45) is 11.7 Å². The van der Waals surface area contributed by atoms with Gasteiger partial charge in [-0.2, -0.15) is 0 Å². The zero-order chi connectivity index (χ0) is 11.4. The summed E-state index contributed by atoms with van der Waals surface area (Å²) in [6.45, 7) is 2.16. The summed E-state index contributed by atoms with van der Waals surface area (Å²) in [6, 6.07) is 2.53. The smallest absolute Gasteiger partial charge is 0.0305 e. The van der Waals surface area contributed by atoms with Crippen LogP contribution in [-0.2, 0) is 0 Å². The molecule has 0 aromatic carbocycles. The molecule has 2 N–H and O–H groups in total. The molecule has 1 saturated carbocycles. The van der Waals surface area contributed by atoms with Gasteiger partial charge in [0.05, 0.1) is 0 Å². The average Bonchev–Trinajstić information content (AvgIpc) is 2.54. The summed E-state index contributed by atoms with van der Waals surface area (Å²) in [6.07, 6.45) is 9.69. The minimum absolute atomic E-state index is 0.271. The van der Waals surface area contributed by atoms with Crippen LogP contribution in [0.25, 0.3) is 0 Å². The lowest BCUT2D eigenvalue weighted by Crippen LogP contribution is -2.14. The molecule has 2 rings (SSSR count). The molecule has 1 aliphatic rings. The molecular formula is C14H23NS. The standard InChI is InChI=1S/C14H23NS/c1-11-8-13(10-16-11)14(15)9-12-6-4-2-3-5-7-12/h8,10,12,14H,2-7,9,15H2,1H3. The van der Waals surface area contributed by atoms with Crippen LogP contribution in [0.4, 0.5) is 0 Å². The highest BCUT2D eigenvalue weighted by molar-refractivity contribution is 7.10. The summed E-state index contributed by atoms with van der Waals surface area (Å²) in [4.78, 5) is 1.38. The number of hydrogen-bond acceptors (Lipinski definition) is 2. The Balaban J connectivity index is 1.88. The van der Waals surface area contributed by atoms with Crippen LogP contribution in [0.15, 0.2) is 11.4 Å². The molecule has 1 heterocycles. The lowest BCUT2D eigenvalue weighted by atomic mass is 9.91. The number of hydrogen-bond donors (Lipinski definition) is 1. The summed E-state index contributed by atoms with van der Waals surface area (Å²) < 4.78 is 0. The van der Waals surface area contributed by atoms with Crippen LogP contribution < -0.4 is 5.73 Å². The van der Waals surface area contributed by atoms with Crippen LogP contribution in [0, 0.1) is 12.8 Å². The van der Waals surface area contributed by atoms with Gasteiger partial charge in [-0.1, -0.05) is 38.5 Å². The van der Waals surface area contributed by atoms with Crippen molar-refractivity contribution in [2.75, 3.05) is 0 Å². The monoisotopic (exact) mass is 237 g/mol. The predicted octanol–water partition coefficient (Wildman–Crippen LogP) is 4.42. The second-order valence-electron chi connectivity index (χ2n) is 5.19. The van der Waals surface area contributed by atoms with Gasteiger partial charge < -0.3 is 5.73 Å². The molecule has 0 saturated heterocycles. The zero-order valence-corrected chi connectivity index (χ0v) is 11.1. The molecule has 16 heavy (non-hydrogen) atoms. The van der Waals surface area contributed by atoms with E-state index in [4.69, 9.17) is 5.73 Å². The van der Waals surface area contributed by atoms with Crippen molar-refractivity contribution in [2.45, 2.75) is 57.9 Å². The third-order valence-corrected chi connectivity index (χ3v) is 4.62. The van der Waals surface area contributed by atoms with E-state index in [-0.39, 0.29) is 6.04 Å². The molecule has 1 aliphatic carbocycles. The average molecular weight is 237 g/mol. The predicted molar refractivity (Wildman–Crippen MR) is 71.8 cm³/mol. The largest absolute Gasteiger partial charge is 0.324 e. The fourth-order valence-electron chi connectivity index (χ4n) is 2.75. The lowest BCUT2D eigenvalue weighted by Gasteiger charge is -2.18. The van der Waals surface area contributed by atoms with Crippen LogP contribution in [-0.4, -0.2) is 0 Å². The van der Waals surface area contributed by atoms with Gasteiger partial charge >= 0.3 is 0 Å². The Bertz CT molecular complexity index is 310. The molecule has 1 nitrogen and oxygen atoms in total. The van der Waals surface area contributed by atoms with E-state index in [0.717, 1.165) is 5.92 Å². The molecule has 0 bridgehead atoms. The van der Waals surface area contributed by atoms with E-state index in [1.54, 1.807) is 0 Å². The molecule has 2 heteroatoms. The molecule has 1 aromatic heterocycles. The molecule has 0 amide bonds. The van der Waals surface area contributed by atoms with Gasteiger partial charge in [-0.25, -0.2) is 0 Å². The zero-order valence-electron chi connectivity index (χ0n) is 10.2. The first-order chi connectivity index (χ1) is 7.75. The minimum atomic E-state index is 0.271. The van der Waals surface area contributed by atoms with Crippen molar-refractivity contribution in [1.29, 1.82) is 0 Å². The Morgan fingerprint density at radius 3 is 2.56 bits per heavy atom. The number of nitrogens with two attached hydrogens (primary N) is 1. The van der Waals surface area contributed by atoms with E-state index >= 15 is 0 Å². The van der Waals surface area contributed by atoms with Gasteiger partial charge in [0.2, 0.25) is 0 Å². The van der Waals surface area contributed by atoms with Gasteiger partial charge in [0, 0.05) is 10.9 Å². The quantitative estimate of drug-likeness (QED) is 0.774. The Hall–Kier alpha value is -0.340. The molecule has 0 radical (unpaired) electrons. The molecule has 0 spiro atoms. The van der Waals surface area contributed by atoms with Crippen LogP contribution in [0.2, 0.25) is 0 Å². The highest BCUT2D eigenvalue weighted by Gasteiger charge is 2.17. The van der Waals surface area contributed by atoms with E-state index in [0.29, 0.717) is 0 Å². The first-order valence-electron chi connectivity index (χ1n) is 6.56. The van der Waals surface area contributed by atoms with E-state index in [1.165, 1.54) is 55.4 Å². The fourth-order valence-corrected chi connectivity index (χ4v) is 3.52. The van der Waals surface area contributed by atoms with Gasteiger partial charge in [-0.15, -0.1) is 11.3 Å². The van der Waals surface area contributed by atoms with Crippen molar-refractivity contribution >= 4 is 11.3 Å². The number of rotatable bonds is 3. The first-order valence-corrected chi connectivity index (χ1v) is 7.44. The molecule has 1 unspecified atom stereocenters. The van der Waals surface area contributed by atoms with Crippen LogP contribution in [0.3, 0.4) is 0 Å². The summed E-state index contributed by atoms with van der Waals surface area (Å²) in [5.41, 5.74) is 7.65. The van der Waals surface area contributed by atoms with Crippen LogP contribution in [0.1, 0.15) is 61.4 Å².